The number of carbonyl (C=O) groups is 1. The van der Waals surface area contributed by atoms with Gasteiger partial charge in [-0.05, 0) is 43.2 Å². The smallest absolute Gasteiger partial charge is 0.374 e. The van der Waals surface area contributed by atoms with Crippen LogP contribution in [-0.4, -0.2) is 27.0 Å². The van der Waals surface area contributed by atoms with Crippen LogP contribution >= 0.6 is 0 Å². The molecule has 2 aromatic carbocycles. The van der Waals surface area contributed by atoms with E-state index < -0.39 is 29.3 Å². The number of benzene rings is 2. The Balaban J connectivity index is 1.80. The number of nitrogens with zero attached hydrogens (tertiary/aromatic N) is 3. The third-order valence-electron chi connectivity index (χ3n) is 4.23. The van der Waals surface area contributed by atoms with Gasteiger partial charge in [-0.25, -0.2) is 9.07 Å². The third kappa shape index (κ3) is 5.66. The Kier molecular flexibility index (Phi) is 6.69. The van der Waals surface area contributed by atoms with Crippen molar-refractivity contribution in [2.24, 2.45) is 0 Å². The highest BCUT2D eigenvalue weighted by atomic mass is 19.4. The molecular formula is C21H20F4N4O2. The van der Waals surface area contributed by atoms with Gasteiger partial charge >= 0.3 is 6.18 Å². The fourth-order valence-corrected chi connectivity index (χ4v) is 2.84. The van der Waals surface area contributed by atoms with Crippen molar-refractivity contribution in [1.82, 2.24) is 20.3 Å². The van der Waals surface area contributed by atoms with Crippen LogP contribution in [0.3, 0.4) is 0 Å². The zero-order chi connectivity index (χ0) is 22.6. The van der Waals surface area contributed by atoms with Crippen LogP contribution in [-0.2, 0) is 24.1 Å². The molecule has 0 fully saturated rings. The van der Waals surface area contributed by atoms with Crippen molar-refractivity contribution >= 4 is 5.91 Å². The van der Waals surface area contributed by atoms with Gasteiger partial charge in [0.05, 0.1) is 18.4 Å². The summed E-state index contributed by atoms with van der Waals surface area (Å²) in [7, 11) is 0. The summed E-state index contributed by atoms with van der Waals surface area (Å²) in [5.41, 5.74) is -0.916. The average Bonchev–Trinajstić information content (AvgIpc) is 3.17. The number of nitrogens with one attached hydrogen (secondary N) is 1. The van der Waals surface area contributed by atoms with Crippen LogP contribution < -0.4 is 5.32 Å². The number of aromatic nitrogens is 3. The summed E-state index contributed by atoms with van der Waals surface area (Å²) < 4.78 is 60.4. The molecule has 3 aromatic rings. The SMILES string of the molecule is CC(C)OCc1cccc(CNC(=O)c2nnn(-c3cccc(F)c3)c2C(F)(F)F)c1. The summed E-state index contributed by atoms with van der Waals surface area (Å²) in [6, 6.07) is 11.6. The first-order valence-electron chi connectivity index (χ1n) is 9.41. The van der Waals surface area contributed by atoms with Crippen molar-refractivity contribution in [3.8, 4) is 5.69 Å². The molecule has 0 spiro atoms. The van der Waals surface area contributed by atoms with Crippen LogP contribution in [0.15, 0.2) is 48.5 Å². The number of hydrogen-bond acceptors (Lipinski definition) is 4. The molecule has 0 aliphatic carbocycles. The molecule has 0 aliphatic heterocycles. The van der Waals surface area contributed by atoms with Gasteiger partial charge < -0.3 is 10.1 Å². The van der Waals surface area contributed by atoms with E-state index in [1.165, 1.54) is 12.1 Å². The number of rotatable bonds is 7. The molecule has 0 atom stereocenters. The normalized spacial score (nSPS) is 11.7. The van der Waals surface area contributed by atoms with Crippen molar-refractivity contribution in [2.45, 2.75) is 39.3 Å². The lowest BCUT2D eigenvalue weighted by Gasteiger charge is -2.12. The zero-order valence-electron chi connectivity index (χ0n) is 16.8. The molecule has 1 aromatic heterocycles. The molecule has 1 amide bonds. The van der Waals surface area contributed by atoms with Crippen molar-refractivity contribution in [1.29, 1.82) is 0 Å². The first-order valence-corrected chi connectivity index (χ1v) is 9.41. The van der Waals surface area contributed by atoms with Gasteiger partial charge in [0.1, 0.15) is 5.82 Å². The quantitative estimate of drug-likeness (QED) is 0.562. The van der Waals surface area contributed by atoms with Gasteiger partial charge in [-0.3, -0.25) is 4.79 Å². The lowest BCUT2D eigenvalue weighted by molar-refractivity contribution is -0.143. The van der Waals surface area contributed by atoms with E-state index in [9.17, 15) is 22.4 Å². The second-order valence-electron chi connectivity index (χ2n) is 7.04. The highest BCUT2D eigenvalue weighted by Gasteiger charge is 2.42. The fourth-order valence-electron chi connectivity index (χ4n) is 2.84. The van der Waals surface area contributed by atoms with Crippen LogP contribution in [0.4, 0.5) is 17.6 Å². The Labute approximate surface area is 175 Å². The molecule has 0 radical (unpaired) electrons. The van der Waals surface area contributed by atoms with Gasteiger partial charge in [-0.15, -0.1) is 5.10 Å². The maximum Gasteiger partial charge on any atom is 0.435 e. The molecule has 1 heterocycles. The molecule has 0 saturated carbocycles. The minimum absolute atomic E-state index is 0.0154. The standard InChI is InChI=1S/C21H20F4N4O2/c1-13(2)31-12-15-6-3-5-14(9-15)11-26-20(30)18-19(21(23,24)25)29(28-27-18)17-8-4-7-16(22)10-17/h3-10,13H,11-12H2,1-2H3,(H,26,30). The number of amides is 1. The molecule has 6 nitrogen and oxygen atoms in total. The van der Waals surface area contributed by atoms with Gasteiger partial charge in [0.2, 0.25) is 0 Å². The van der Waals surface area contributed by atoms with Crippen LogP contribution in [0.25, 0.3) is 5.69 Å². The van der Waals surface area contributed by atoms with Crippen molar-refractivity contribution in [2.75, 3.05) is 0 Å². The second-order valence-corrected chi connectivity index (χ2v) is 7.04. The Morgan fingerprint density at radius 1 is 1.13 bits per heavy atom. The molecule has 1 N–H and O–H groups in total. The number of halogens is 4. The van der Waals surface area contributed by atoms with Crippen molar-refractivity contribution in [3.05, 3.63) is 76.9 Å². The lowest BCUT2D eigenvalue weighted by atomic mass is 10.1. The molecular weight excluding hydrogens is 416 g/mol. The molecule has 0 bridgehead atoms. The molecule has 3 rings (SSSR count). The fraction of sp³-hybridized carbons (Fsp3) is 0.286. The van der Waals surface area contributed by atoms with Crippen LogP contribution in [0.5, 0.6) is 0 Å². The summed E-state index contributed by atoms with van der Waals surface area (Å²) >= 11 is 0. The number of alkyl halides is 3. The van der Waals surface area contributed by atoms with E-state index in [-0.39, 0.29) is 18.3 Å². The van der Waals surface area contributed by atoms with E-state index in [1.807, 2.05) is 19.9 Å². The van der Waals surface area contributed by atoms with Gasteiger partial charge in [0.25, 0.3) is 5.91 Å². The maximum absolute atomic E-state index is 13.7. The Hall–Kier alpha value is -3.27. The van der Waals surface area contributed by atoms with Crippen molar-refractivity contribution < 1.29 is 27.1 Å². The second kappa shape index (κ2) is 9.25. The van der Waals surface area contributed by atoms with Gasteiger partial charge in [-0.2, -0.15) is 13.2 Å². The predicted octanol–water partition coefficient (Wildman–Crippen LogP) is 4.28. The van der Waals surface area contributed by atoms with Crippen LogP contribution in [0.1, 0.15) is 41.2 Å². The topological polar surface area (TPSA) is 69.0 Å². The zero-order valence-corrected chi connectivity index (χ0v) is 16.8. The van der Waals surface area contributed by atoms with Gasteiger partial charge in [0, 0.05) is 6.54 Å². The molecule has 0 saturated heterocycles. The Morgan fingerprint density at radius 2 is 1.84 bits per heavy atom. The highest BCUT2D eigenvalue weighted by molar-refractivity contribution is 5.93. The first-order chi connectivity index (χ1) is 14.6. The van der Waals surface area contributed by atoms with E-state index >= 15 is 0 Å². The third-order valence-corrected chi connectivity index (χ3v) is 4.23. The van der Waals surface area contributed by atoms with Gasteiger partial charge in [-0.1, -0.05) is 35.5 Å². The predicted molar refractivity (Wildman–Crippen MR) is 104 cm³/mol. The Bertz CT molecular complexity index is 1060. The minimum atomic E-state index is -4.93. The molecule has 31 heavy (non-hydrogen) atoms. The van der Waals surface area contributed by atoms with Gasteiger partial charge in [0.15, 0.2) is 11.4 Å². The highest BCUT2D eigenvalue weighted by Crippen LogP contribution is 2.32. The lowest BCUT2D eigenvalue weighted by Crippen LogP contribution is -2.27. The van der Waals surface area contributed by atoms with E-state index in [0.29, 0.717) is 16.9 Å². The van der Waals surface area contributed by atoms with E-state index in [1.54, 1.807) is 18.2 Å². The Morgan fingerprint density at radius 3 is 2.52 bits per heavy atom. The first kappa shape index (κ1) is 22.4. The minimum Gasteiger partial charge on any atom is -0.374 e. The summed E-state index contributed by atoms with van der Waals surface area (Å²) in [6.45, 7) is 4.16. The number of hydrogen-bond donors (Lipinski definition) is 1. The summed E-state index contributed by atoms with van der Waals surface area (Å²) in [5, 5.41) is 9.26. The largest absolute Gasteiger partial charge is 0.435 e. The average molecular weight is 436 g/mol. The molecule has 10 heteroatoms. The van der Waals surface area contributed by atoms with E-state index in [2.05, 4.69) is 15.6 Å². The van der Waals surface area contributed by atoms with Crippen LogP contribution in [0.2, 0.25) is 0 Å². The summed E-state index contributed by atoms with van der Waals surface area (Å²) in [4.78, 5) is 12.5. The molecule has 0 unspecified atom stereocenters. The van der Waals surface area contributed by atoms with Crippen molar-refractivity contribution in [3.63, 3.8) is 0 Å². The van der Waals surface area contributed by atoms with E-state index in [0.717, 1.165) is 17.7 Å². The summed E-state index contributed by atoms with van der Waals surface area (Å²) in [6.07, 6.45) is -4.89. The maximum atomic E-state index is 13.7. The molecule has 0 aliphatic rings. The summed E-state index contributed by atoms with van der Waals surface area (Å²) in [5.74, 6) is -1.78. The number of carbonyl (C=O) groups excluding carboxylic acids is 1. The van der Waals surface area contributed by atoms with E-state index in [4.69, 9.17) is 4.74 Å². The number of ether oxygens (including phenoxy) is 1. The molecule has 164 valence electrons. The monoisotopic (exact) mass is 436 g/mol. The van der Waals surface area contributed by atoms with Crippen LogP contribution in [0, 0.1) is 5.82 Å².